The van der Waals surface area contributed by atoms with Crippen molar-refractivity contribution in [2.75, 3.05) is 0 Å². The zero-order valence-electron chi connectivity index (χ0n) is 13.2. The lowest BCUT2D eigenvalue weighted by Crippen LogP contribution is -2.24. The van der Waals surface area contributed by atoms with E-state index in [-0.39, 0.29) is 11.3 Å². The molecule has 0 bridgehead atoms. The normalized spacial score (nSPS) is 11.3. The predicted octanol–water partition coefficient (Wildman–Crippen LogP) is 4.45. The number of nitrogens with zero attached hydrogens (tertiary/aromatic N) is 1. The molecule has 0 amide bonds. The molecule has 0 unspecified atom stereocenters. The van der Waals surface area contributed by atoms with Crippen molar-refractivity contribution in [3.05, 3.63) is 80.1 Å². The second kappa shape index (κ2) is 6.75. The average molecular weight is 374 g/mol. The topological polar surface area (TPSA) is 59.3 Å². The van der Waals surface area contributed by atoms with Crippen molar-refractivity contribution in [2.24, 2.45) is 7.05 Å². The van der Waals surface area contributed by atoms with Gasteiger partial charge in [-0.1, -0.05) is 41.4 Å². The maximum absolute atomic E-state index is 12.5. The summed E-state index contributed by atoms with van der Waals surface area (Å²) in [6.07, 6.45) is 2.61. The summed E-state index contributed by atoms with van der Waals surface area (Å²) in [7, 11) is 1.55. The number of carbonyl (C=O) groups is 1. The molecular weight excluding hydrogens is 361 g/mol. The number of halogens is 2. The number of allylic oxidation sites excluding steroid dienone is 1. The molecule has 25 heavy (non-hydrogen) atoms. The van der Waals surface area contributed by atoms with Crippen molar-refractivity contribution in [3.63, 3.8) is 0 Å². The third-order valence-corrected chi connectivity index (χ3v) is 4.58. The van der Waals surface area contributed by atoms with Crippen molar-refractivity contribution in [3.8, 4) is 5.75 Å². The molecule has 0 radical (unpaired) electrons. The quantitative estimate of drug-likeness (QED) is 0.545. The van der Waals surface area contributed by atoms with Gasteiger partial charge in [-0.2, -0.15) is 0 Å². The number of hydrogen-bond acceptors (Lipinski definition) is 3. The average Bonchev–Trinajstić information content (AvgIpc) is 2.59. The molecule has 2 aromatic carbocycles. The second-order valence-corrected chi connectivity index (χ2v) is 6.25. The molecule has 0 aliphatic carbocycles. The molecule has 0 spiro atoms. The van der Waals surface area contributed by atoms with Crippen LogP contribution in [0.2, 0.25) is 10.0 Å². The van der Waals surface area contributed by atoms with E-state index in [0.717, 1.165) is 0 Å². The number of aromatic nitrogens is 1. The number of aromatic hydroxyl groups is 1. The monoisotopic (exact) mass is 373 g/mol. The minimum Gasteiger partial charge on any atom is -0.506 e. The van der Waals surface area contributed by atoms with Crippen LogP contribution >= 0.6 is 23.2 Å². The zero-order valence-corrected chi connectivity index (χ0v) is 14.7. The Kier molecular flexibility index (Phi) is 4.66. The third-order valence-electron chi connectivity index (χ3n) is 3.92. The largest absolute Gasteiger partial charge is 0.506 e. The number of rotatable bonds is 3. The lowest BCUT2D eigenvalue weighted by Gasteiger charge is -2.10. The first-order chi connectivity index (χ1) is 11.9. The molecule has 4 nitrogen and oxygen atoms in total. The molecular formula is C19H13Cl2NO3. The fourth-order valence-corrected chi connectivity index (χ4v) is 3.14. The van der Waals surface area contributed by atoms with E-state index in [4.69, 9.17) is 23.2 Å². The summed E-state index contributed by atoms with van der Waals surface area (Å²) >= 11 is 12.1. The molecule has 0 atom stereocenters. The smallest absolute Gasteiger partial charge is 0.265 e. The van der Waals surface area contributed by atoms with Gasteiger partial charge in [-0.15, -0.1) is 0 Å². The van der Waals surface area contributed by atoms with Gasteiger partial charge in [0.1, 0.15) is 11.3 Å². The molecule has 0 aliphatic rings. The molecule has 1 heterocycles. The predicted molar refractivity (Wildman–Crippen MR) is 101 cm³/mol. The van der Waals surface area contributed by atoms with Crippen LogP contribution in [0.4, 0.5) is 0 Å². The van der Waals surface area contributed by atoms with E-state index >= 15 is 0 Å². The van der Waals surface area contributed by atoms with Gasteiger partial charge in [0.2, 0.25) is 0 Å². The molecule has 1 N–H and O–H groups in total. The van der Waals surface area contributed by atoms with Crippen LogP contribution in [-0.4, -0.2) is 15.5 Å². The first-order valence-electron chi connectivity index (χ1n) is 7.39. The summed E-state index contributed by atoms with van der Waals surface area (Å²) in [6.45, 7) is 0. The summed E-state index contributed by atoms with van der Waals surface area (Å²) in [6, 6.07) is 11.8. The van der Waals surface area contributed by atoms with Crippen molar-refractivity contribution >= 4 is 46.0 Å². The van der Waals surface area contributed by atoms with Crippen LogP contribution in [-0.2, 0) is 7.05 Å². The van der Waals surface area contributed by atoms with Crippen LogP contribution in [0.5, 0.6) is 5.75 Å². The zero-order chi connectivity index (χ0) is 18.1. The number of carbonyl (C=O) groups excluding carboxylic acids is 1. The number of para-hydroxylation sites is 1. The maximum Gasteiger partial charge on any atom is 0.265 e. The number of pyridine rings is 1. The molecule has 0 saturated heterocycles. The summed E-state index contributed by atoms with van der Waals surface area (Å²) in [5.74, 6) is -0.960. The highest BCUT2D eigenvalue weighted by molar-refractivity contribution is 6.37. The second-order valence-electron chi connectivity index (χ2n) is 5.44. The van der Waals surface area contributed by atoms with E-state index in [0.29, 0.717) is 26.5 Å². The fourth-order valence-electron chi connectivity index (χ4n) is 2.61. The Hall–Kier alpha value is -2.56. The van der Waals surface area contributed by atoms with Gasteiger partial charge in [-0.25, -0.2) is 0 Å². The standard InChI is InChI=1S/C19H13Cl2NO3/c1-22-15-8-3-2-5-12(15)18(24)17(19(22)25)16(23)10-9-11-13(20)6-4-7-14(11)21/h2-10,24H,1H3/b10-9+. The molecule has 6 heteroatoms. The van der Waals surface area contributed by atoms with Gasteiger partial charge in [0.05, 0.1) is 5.52 Å². The number of benzene rings is 2. The van der Waals surface area contributed by atoms with Gasteiger partial charge < -0.3 is 9.67 Å². The molecule has 0 aliphatic heterocycles. The first-order valence-corrected chi connectivity index (χ1v) is 8.14. The Balaban J connectivity index is 2.12. The van der Waals surface area contributed by atoms with E-state index in [9.17, 15) is 14.7 Å². The first kappa shape index (κ1) is 17.3. The molecule has 0 fully saturated rings. The maximum atomic E-state index is 12.5. The van der Waals surface area contributed by atoms with Crippen molar-refractivity contribution in [2.45, 2.75) is 0 Å². The van der Waals surface area contributed by atoms with E-state index in [1.54, 1.807) is 49.5 Å². The van der Waals surface area contributed by atoms with Crippen LogP contribution < -0.4 is 5.56 Å². The van der Waals surface area contributed by atoms with Crippen LogP contribution in [0.25, 0.3) is 17.0 Å². The Labute approximate surface area is 153 Å². The van der Waals surface area contributed by atoms with Crippen LogP contribution in [0.3, 0.4) is 0 Å². The van der Waals surface area contributed by atoms with Crippen molar-refractivity contribution in [1.29, 1.82) is 0 Å². The highest BCUT2D eigenvalue weighted by Crippen LogP contribution is 2.28. The third kappa shape index (κ3) is 3.06. The molecule has 3 aromatic rings. The Morgan fingerprint density at radius 1 is 1.08 bits per heavy atom. The summed E-state index contributed by atoms with van der Waals surface area (Å²) in [5, 5.41) is 11.6. The highest BCUT2D eigenvalue weighted by atomic mass is 35.5. The lowest BCUT2D eigenvalue weighted by atomic mass is 10.1. The lowest BCUT2D eigenvalue weighted by molar-refractivity contribution is 0.104. The molecule has 0 saturated carbocycles. The SMILES string of the molecule is Cn1c(=O)c(C(=O)/C=C/c2c(Cl)cccc2Cl)c(O)c2ccccc21. The molecule has 3 rings (SSSR count). The van der Waals surface area contributed by atoms with E-state index in [2.05, 4.69) is 0 Å². The van der Waals surface area contributed by atoms with Gasteiger partial charge >= 0.3 is 0 Å². The van der Waals surface area contributed by atoms with Crippen LogP contribution in [0, 0.1) is 0 Å². The number of hydrogen-bond donors (Lipinski definition) is 1. The van der Waals surface area contributed by atoms with E-state index in [1.807, 2.05) is 0 Å². The molecule has 126 valence electrons. The Morgan fingerprint density at radius 2 is 1.72 bits per heavy atom. The summed E-state index contributed by atoms with van der Waals surface area (Å²) in [4.78, 5) is 25.0. The molecule has 1 aromatic heterocycles. The van der Waals surface area contributed by atoms with E-state index in [1.165, 1.54) is 16.7 Å². The summed E-state index contributed by atoms with van der Waals surface area (Å²) < 4.78 is 1.33. The Bertz CT molecular complexity index is 1060. The van der Waals surface area contributed by atoms with Crippen molar-refractivity contribution < 1.29 is 9.90 Å². The van der Waals surface area contributed by atoms with Gasteiger partial charge in [-0.3, -0.25) is 9.59 Å². The number of fused-ring (bicyclic) bond motifs is 1. The number of ketones is 1. The van der Waals surface area contributed by atoms with E-state index < -0.39 is 11.3 Å². The van der Waals surface area contributed by atoms with Gasteiger partial charge in [0, 0.05) is 28.0 Å². The van der Waals surface area contributed by atoms with Gasteiger partial charge in [-0.05, 0) is 36.4 Å². The number of aryl methyl sites for hydroxylation is 1. The summed E-state index contributed by atoms with van der Waals surface area (Å²) in [5.41, 5.74) is 0.146. The van der Waals surface area contributed by atoms with Crippen LogP contribution in [0.1, 0.15) is 15.9 Å². The fraction of sp³-hybridized carbons (Fsp3) is 0.0526. The highest BCUT2D eigenvalue weighted by Gasteiger charge is 2.19. The van der Waals surface area contributed by atoms with Crippen molar-refractivity contribution in [1.82, 2.24) is 4.57 Å². The minimum absolute atomic E-state index is 0.291. The van der Waals surface area contributed by atoms with Crippen LogP contribution in [0.15, 0.2) is 53.3 Å². The minimum atomic E-state index is -0.625. The van der Waals surface area contributed by atoms with Gasteiger partial charge in [0.25, 0.3) is 5.56 Å². The van der Waals surface area contributed by atoms with Gasteiger partial charge in [0.15, 0.2) is 5.78 Å². The Morgan fingerprint density at radius 3 is 2.40 bits per heavy atom.